The number of sulfone groups is 1. The van der Waals surface area contributed by atoms with Crippen molar-refractivity contribution in [1.29, 1.82) is 0 Å². The van der Waals surface area contributed by atoms with E-state index in [0.717, 1.165) is 25.9 Å². The van der Waals surface area contributed by atoms with Gasteiger partial charge in [-0.2, -0.15) is 0 Å². The van der Waals surface area contributed by atoms with Crippen molar-refractivity contribution in [2.45, 2.75) is 24.1 Å². The quantitative estimate of drug-likeness (QED) is 0.611. The van der Waals surface area contributed by atoms with Gasteiger partial charge in [-0.05, 0) is 12.8 Å². The highest BCUT2D eigenvalue weighted by atomic mass is 32.2. The van der Waals surface area contributed by atoms with Crippen LogP contribution in [-0.2, 0) is 9.84 Å². The Labute approximate surface area is 79.0 Å². The SMILES string of the molecule is O=S(=O)(CCNC1CNC1)C1CC1. The van der Waals surface area contributed by atoms with Crippen molar-refractivity contribution in [1.82, 2.24) is 10.6 Å². The molecule has 1 aliphatic carbocycles. The summed E-state index contributed by atoms with van der Waals surface area (Å²) in [7, 11) is -2.75. The molecule has 0 unspecified atom stereocenters. The average Bonchev–Trinajstić information content (AvgIpc) is 2.75. The number of hydrogen-bond acceptors (Lipinski definition) is 4. The van der Waals surface area contributed by atoms with E-state index in [1.54, 1.807) is 0 Å². The maximum Gasteiger partial charge on any atom is 0.154 e. The normalized spacial score (nSPS) is 24.3. The summed E-state index contributed by atoms with van der Waals surface area (Å²) >= 11 is 0. The predicted octanol–water partition coefficient (Wildman–Crippen LogP) is -0.875. The molecule has 1 saturated heterocycles. The van der Waals surface area contributed by atoms with Crippen LogP contribution in [0, 0.1) is 0 Å². The lowest BCUT2D eigenvalue weighted by atomic mass is 10.2. The summed E-state index contributed by atoms with van der Waals surface area (Å²) in [5.41, 5.74) is 0. The van der Waals surface area contributed by atoms with Gasteiger partial charge in [0.15, 0.2) is 9.84 Å². The van der Waals surface area contributed by atoms with Gasteiger partial charge in [0.2, 0.25) is 0 Å². The van der Waals surface area contributed by atoms with Crippen LogP contribution in [-0.4, -0.2) is 45.1 Å². The van der Waals surface area contributed by atoms with Gasteiger partial charge in [0, 0.05) is 25.7 Å². The Bertz CT molecular complexity index is 268. The lowest BCUT2D eigenvalue weighted by Gasteiger charge is -2.28. The van der Waals surface area contributed by atoms with E-state index in [-0.39, 0.29) is 5.25 Å². The second kappa shape index (κ2) is 3.55. The maximum atomic E-state index is 11.4. The minimum Gasteiger partial charge on any atom is -0.314 e. The molecule has 4 nitrogen and oxygen atoms in total. The van der Waals surface area contributed by atoms with Crippen LogP contribution in [0.15, 0.2) is 0 Å². The zero-order chi connectivity index (χ0) is 9.31. The first-order valence-electron chi connectivity index (χ1n) is 4.84. The van der Waals surface area contributed by atoms with Crippen LogP contribution in [0.4, 0.5) is 0 Å². The molecule has 76 valence electrons. The summed E-state index contributed by atoms with van der Waals surface area (Å²) < 4.78 is 22.9. The van der Waals surface area contributed by atoms with Crippen molar-refractivity contribution in [3.63, 3.8) is 0 Å². The van der Waals surface area contributed by atoms with E-state index in [9.17, 15) is 8.42 Å². The third-order valence-electron chi connectivity index (χ3n) is 2.63. The zero-order valence-corrected chi connectivity index (χ0v) is 8.44. The molecule has 5 heteroatoms. The van der Waals surface area contributed by atoms with E-state index >= 15 is 0 Å². The molecule has 0 amide bonds. The second-order valence-corrected chi connectivity index (χ2v) is 6.28. The molecule has 0 aromatic heterocycles. The molecule has 0 spiro atoms. The van der Waals surface area contributed by atoms with Crippen LogP contribution in [0.5, 0.6) is 0 Å². The first-order chi connectivity index (χ1) is 6.18. The molecule has 2 rings (SSSR count). The fraction of sp³-hybridized carbons (Fsp3) is 1.00. The Morgan fingerprint density at radius 1 is 1.31 bits per heavy atom. The molecule has 0 aromatic carbocycles. The van der Waals surface area contributed by atoms with Crippen molar-refractivity contribution in [2.24, 2.45) is 0 Å². The molecule has 0 aromatic rings. The zero-order valence-electron chi connectivity index (χ0n) is 7.62. The molecule has 1 saturated carbocycles. The Hall–Kier alpha value is -0.130. The lowest BCUT2D eigenvalue weighted by Crippen LogP contribution is -2.56. The van der Waals surface area contributed by atoms with Crippen molar-refractivity contribution in [3.05, 3.63) is 0 Å². The van der Waals surface area contributed by atoms with E-state index in [2.05, 4.69) is 10.6 Å². The van der Waals surface area contributed by atoms with E-state index in [0.29, 0.717) is 18.3 Å². The standard InChI is InChI=1S/C8H16N2O2S/c11-13(12,8-1-2-8)4-3-10-7-5-9-6-7/h7-10H,1-6H2. The molecule has 2 aliphatic rings. The molecule has 0 atom stereocenters. The van der Waals surface area contributed by atoms with E-state index in [1.165, 1.54) is 0 Å². The third kappa shape index (κ3) is 2.42. The molecule has 1 heterocycles. The van der Waals surface area contributed by atoms with Gasteiger partial charge >= 0.3 is 0 Å². The summed E-state index contributed by atoms with van der Waals surface area (Å²) in [5, 5.41) is 6.34. The molecule has 1 aliphatic heterocycles. The summed E-state index contributed by atoms with van der Waals surface area (Å²) in [5.74, 6) is 0.314. The Morgan fingerprint density at radius 2 is 2.00 bits per heavy atom. The molecular formula is C8H16N2O2S. The molecule has 0 radical (unpaired) electrons. The average molecular weight is 204 g/mol. The van der Waals surface area contributed by atoms with Gasteiger partial charge < -0.3 is 10.6 Å². The second-order valence-electron chi connectivity index (χ2n) is 3.88. The summed E-state index contributed by atoms with van der Waals surface area (Å²) in [4.78, 5) is 0. The van der Waals surface area contributed by atoms with Crippen LogP contribution >= 0.6 is 0 Å². The van der Waals surface area contributed by atoms with Gasteiger partial charge in [0.25, 0.3) is 0 Å². The largest absolute Gasteiger partial charge is 0.314 e. The highest BCUT2D eigenvalue weighted by Gasteiger charge is 2.35. The van der Waals surface area contributed by atoms with E-state index in [1.807, 2.05) is 0 Å². The predicted molar refractivity (Wildman–Crippen MR) is 51.5 cm³/mol. The highest BCUT2D eigenvalue weighted by molar-refractivity contribution is 7.92. The molecule has 2 fully saturated rings. The van der Waals surface area contributed by atoms with Crippen molar-refractivity contribution >= 4 is 9.84 Å². The Kier molecular flexibility index (Phi) is 2.58. The van der Waals surface area contributed by atoms with Crippen LogP contribution in [0.1, 0.15) is 12.8 Å². The smallest absolute Gasteiger partial charge is 0.154 e. The summed E-state index contributed by atoms with van der Waals surface area (Å²) in [6.07, 6.45) is 1.76. The Morgan fingerprint density at radius 3 is 2.46 bits per heavy atom. The van der Waals surface area contributed by atoms with Crippen LogP contribution in [0.2, 0.25) is 0 Å². The van der Waals surface area contributed by atoms with Gasteiger partial charge in [0.1, 0.15) is 0 Å². The van der Waals surface area contributed by atoms with E-state index in [4.69, 9.17) is 0 Å². The van der Waals surface area contributed by atoms with E-state index < -0.39 is 9.84 Å². The minimum atomic E-state index is -2.75. The van der Waals surface area contributed by atoms with Crippen molar-refractivity contribution in [2.75, 3.05) is 25.4 Å². The van der Waals surface area contributed by atoms with Gasteiger partial charge in [-0.1, -0.05) is 0 Å². The fourth-order valence-electron chi connectivity index (χ4n) is 1.43. The van der Waals surface area contributed by atoms with Crippen LogP contribution in [0.3, 0.4) is 0 Å². The van der Waals surface area contributed by atoms with Crippen molar-refractivity contribution in [3.8, 4) is 0 Å². The first kappa shape index (κ1) is 9.43. The van der Waals surface area contributed by atoms with Crippen molar-refractivity contribution < 1.29 is 8.42 Å². The molecule has 2 N–H and O–H groups in total. The first-order valence-corrected chi connectivity index (χ1v) is 6.56. The monoisotopic (exact) mass is 204 g/mol. The van der Waals surface area contributed by atoms with Gasteiger partial charge in [-0.25, -0.2) is 8.42 Å². The minimum absolute atomic E-state index is 0.00573. The van der Waals surface area contributed by atoms with Crippen LogP contribution in [0.25, 0.3) is 0 Å². The lowest BCUT2D eigenvalue weighted by molar-refractivity contribution is 0.374. The fourth-order valence-corrected chi connectivity index (χ4v) is 3.02. The third-order valence-corrected chi connectivity index (χ3v) is 4.89. The van der Waals surface area contributed by atoms with Gasteiger partial charge in [0.05, 0.1) is 11.0 Å². The topological polar surface area (TPSA) is 58.2 Å². The van der Waals surface area contributed by atoms with Crippen LogP contribution < -0.4 is 10.6 Å². The maximum absolute atomic E-state index is 11.4. The molecular weight excluding hydrogens is 188 g/mol. The number of hydrogen-bond donors (Lipinski definition) is 2. The number of rotatable bonds is 5. The molecule has 13 heavy (non-hydrogen) atoms. The van der Waals surface area contributed by atoms with Gasteiger partial charge in [-0.15, -0.1) is 0 Å². The summed E-state index contributed by atoms with van der Waals surface area (Å²) in [6, 6.07) is 0.495. The number of nitrogens with one attached hydrogen (secondary N) is 2. The van der Waals surface area contributed by atoms with Gasteiger partial charge in [-0.3, -0.25) is 0 Å². The highest BCUT2D eigenvalue weighted by Crippen LogP contribution is 2.28. The summed E-state index contributed by atoms with van der Waals surface area (Å²) in [6.45, 7) is 2.57. The molecule has 0 bridgehead atoms. The Balaban J connectivity index is 1.66.